The molecule has 84 valence electrons. The smallest absolute Gasteiger partial charge is 0.165 e. The van der Waals surface area contributed by atoms with Gasteiger partial charge in [-0.25, -0.2) is 15.8 Å². The number of hydrogen-bond donors (Lipinski definition) is 2. The number of aryl methyl sites for hydroxylation is 1. The number of furan rings is 1. The first-order valence-electron chi connectivity index (χ1n) is 5.13. The number of nitrogens with zero attached hydrogens (tertiary/aromatic N) is 2. The Morgan fingerprint density at radius 2 is 2.25 bits per heavy atom. The number of nitrogens with one attached hydrogen (secondary N) is 1. The molecule has 2 heterocycles. The summed E-state index contributed by atoms with van der Waals surface area (Å²) in [7, 11) is 0. The van der Waals surface area contributed by atoms with Crippen molar-refractivity contribution in [3.63, 3.8) is 0 Å². The highest BCUT2D eigenvalue weighted by atomic mass is 16.3. The molecule has 0 amide bonds. The Hall–Kier alpha value is -1.88. The normalized spacial score (nSPS) is 10.4. The topological polar surface area (TPSA) is 77.0 Å². The Morgan fingerprint density at radius 3 is 2.81 bits per heavy atom. The van der Waals surface area contributed by atoms with Gasteiger partial charge in [-0.15, -0.1) is 0 Å². The first-order chi connectivity index (χ1) is 7.76. The van der Waals surface area contributed by atoms with E-state index in [2.05, 4.69) is 22.3 Å². The van der Waals surface area contributed by atoms with Crippen LogP contribution in [0.1, 0.15) is 18.2 Å². The minimum absolute atomic E-state index is 0.629. The van der Waals surface area contributed by atoms with Crippen LogP contribution < -0.4 is 11.3 Å². The predicted molar refractivity (Wildman–Crippen MR) is 61.7 cm³/mol. The van der Waals surface area contributed by atoms with Crippen LogP contribution in [-0.4, -0.2) is 9.97 Å². The van der Waals surface area contributed by atoms with Crippen molar-refractivity contribution in [2.24, 2.45) is 5.84 Å². The fourth-order valence-corrected chi connectivity index (χ4v) is 1.57. The quantitative estimate of drug-likeness (QED) is 0.607. The zero-order valence-electron chi connectivity index (χ0n) is 9.32. The van der Waals surface area contributed by atoms with Gasteiger partial charge in [0.2, 0.25) is 0 Å². The number of anilines is 1. The van der Waals surface area contributed by atoms with Gasteiger partial charge in [-0.1, -0.05) is 6.92 Å². The fraction of sp³-hybridized carbons (Fsp3) is 0.273. The van der Waals surface area contributed by atoms with Crippen LogP contribution in [0.2, 0.25) is 0 Å². The van der Waals surface area contributed by atoms with Gasteiger partial charge in [-0.3, -0.25) is 0 Å². The van der Waals surface area contributed by atoms with E-state index < -0.39 is 0 Å². The molecule has 0 fully saturated rings. The van der Waals surface area contributed by atoms with Gasteiger partial charge < -0.3 is 9.84 Å². The molecule has 2 rings (SSSR count). The van der Waals surface area contributed by atoms with Gasteiger partial charge in [0.05, 0.1) is 11.8 Å². The Morgan fingerprint density at radius 1 is 1.44 bits per heavy atom. The molecule has 0 aliphatic rings. The molecule has 16 heavy (non-hydrogen) atoms. The van der Waals surface area contributed by atoms with E-state index >= 15 is 0 Å². The monoisotopic (exact) mass is 218 g/mol. The minimum atomic E-state index is 0.629. The molecule has 5 heteroatoms. The van der Waals surface area contributed by atoms with Crippen LogP contribution in [0, 0.1) is 6.92 Å². The lowest BCUT2D eigenvalue weighted by atomic mass is 10.2. The number of hydrogen-bond acceptors (Lipinski definition) is 5. The summed E-state index contributed by atoms with van der Waals surface area (Å²) in [5.74, 6) is 6.72. The van der Waals surface area contributed by atoms with Gasteiger partial charge >= 0.3 is 0 Å². The third kappa shape index (κ3) is 1.77. The van der Waals surface area contributed by atoms with Crippen LogP contribution in [0.3, 0.4) is 0 Å². The van der Waals surface area contributed by atoms with Gasteiger partial charge in [0, 0.05) is 11.3 Å². The van der Waals surface area contributed by atoms with Crippen LogP contribution in [0.25, 0.3) is 11.4 Å². The summed E-state index contributed by atoms with van der Waals surface area (Å²) in [6.07, 6.45) is 4.05. The number of rotatable bonds is 3. The molecule has 5 nitrogen and oxygen atoms in total. The molecule has 0 bridgehead atoms. The summed E-state index contributed by atoms with van der Waals surface area (Å²) in [4.78, 5) is 8.81. The van der Waals surface area contributed by atoms with Crippen molar-refractivity contribution in [1.82, 2.24) is 9.97 Å². The maximum atomic E-state index is 5.43. The molecule has 0 atom stereocenters. The Labute approximate surface area is 93.7 Å². The average molecular weight is 218 g/mol. The summed E-state index contributed by atoms with van der Waals surface area (Å²) in [5.41, 5.74) is 5.41. The minimum Gasteiger partial charge on any atom is -0.472 e. The van der Waals surface area contributed by atoms with E-state index in [0.717, 1.165) is 23.2 Å². The van der Waals surface area contributed by atoms with Crippen molar-refractivity contribution in [3.8, 4) is 11.4 Å². The second-order valence-corrected chi connectivity index (χ2v) is 3.48. The maximum absolute atomic E-state index is 5.43. The summed E-state index contributed by atoms with van der Waals surface area (Å²) >= 11 is 0. The van der Waals surface area contributed by atoms with E-state index in [-0.39, 0.29) is 0 Å². The SMILES string of the molecule is CCc1nc(-c2ccoc2)nc(NN)c1C. The fourth-order valence-electron chi connectivity index (χ4n) is 1.57. The third-order valence-corrected chi connectivity index (χ3v) is 2.50. The molecule has 2 aromatic heterocycles. The first-order valence-corrected chi connectivity index (χ1v) is 5.13. The van der Waals surface area contributed by atoms with Crippen LogP contribution in [0.4, 0.5) is 5.82 Å². The lowest BCUT2D eigenvalue weighted by Crippen LogP contribution is -2.13. The van der Waals surface area contributed by atoms with Gasteiger partial charge in [0.25, 0.3) is 0 Å². The average Bonchev–Trinajstić information content (AvgIpc) is 2.83. The van der Waals surface area contributed by atoms with Gasteiger partial charge in [0.15, 0.2) is 5.82 Å². The second kappa shape index (κ2) is 4.32. The molecule has 3 N–H and O–H groups in total. The molecule has 0 radical (unpaired) electrons. The lowest BCUT2D eigenvalue weighted by molar-refractivity contribution is 0.568. The van der Waals surface area contributed by atoms with Crippen LogP contribution in [0.15, 0.2) is 23.0 Å². The largest absolute Gasteiger partial charge is 0.472 e. The predicted octanol–water partition coefficient (Wildman–Crippen LogP) is 1.89. The highest BCUT2D eigenvalue weighted by molar-refractivity contribution is 5.58. The highest BCUT2D eigenvalue weighted by Gasteiger charge is 2.10. The number of nitrogen functional groups attached to an aromatic ring is 1. The number of nitrogens with two attached hydrogens (primary N) is 1. The van der Waals surface area contributed by atoms with Gasteiger partial charge in [-0.05, 0) is 19.4 Å². The summed E-state index contributed by atoms with van der Waals surface area (Å²) in [6, 6.07) is 1.82. The Bertz CT molecular complexity index is 454. The molecule has 0 aromatic carbocycles. The van der Waals surface area contributed by atoms with Gasteiger partial charge in [0.1, 0.15) is 12.1 Å². The van der Waals surface area contributed by atoms with Crippen molar-refractivity contribution < 1.29 is 4.42 Å². The van der Waals surface area contributed by atoms with Crippen LogP contribution in [-0.2, 0) is 6.42 Å². The molecule has 0 spiro atoms. The van der Waals surface area contributed by atoms with E-state index in [0.29, 0.717) is 11.6 Å². The molecule has 0 aliphatic carbocycles. The molecule has 0 saturated carbocycles. The second-order valence-electron chi connectivity index (χ2n) is 3.48. The van der Waals surface area contributed by atoms with Gasteiger partial charge in [-0.2, -0.15) is 0 Å². The lowest BCUT2D eigenvalue weighted by Gasteiger charge is -2.09. The summed E-state index contributed by atoms with van der Waals surface area (Å²) < 4.78 is 5.01. The number of hydrazine groups is 1. The van der Waals surface area contributed by atoms with Crippen molar-refractivity contribution in [1.29, 1.82) is 0 Å². The van der Waals surface area contributed by atoms with E-state index in [1.807, 2.05) is 13.0 Å². The molecule has 0 saturated heterocycles. The number of aromatic nitrogens is 2. The zero-order valence-corrected chi connectivity index (χ0v) is 9.32. The van der Waals surface area contributed by atoms with Crippen molar-refractivity contribution in [2.75, 3.05) is 5.43 Å². The summed E-state index contributed by atoms with van der Waals surface area (Å²) in [6.45, 7) is 4.00. The Balaban J connectivity index is 2.56. The highest BCUT2D eigenvalue weighted by Crippen LogP contribution is 2.21. The Kier molecular flexibility index (Phi) is 2.87. The van der Waals surface area contributed by atoms with Crippen molar-refractivity contribution in [2.45, 2.75) is 20.3 Å². The van der Waals surface area contributed by atoms with Crippen molar-refractivity contribution >= 4 is 5.82 Å². The molecule has 0 aliphatic heterocycles. The van der Waals surface area contributed by atoms with E-state index in [9.17, 15) is 0 Å². The van der Waals surface area contributed by atoms with E-state index in [1.54, 1.807) is 12.5 Å². The van der Waals surface area contributed by atoms with Crippen LogP contribution in [0.5, 0.6) is 0 Å². The standard InChI is InChI=1S/C11H14N4O/c1-3-9-7(2)10(15-12)14-11(13-9)8-4-5-16-6-8/h4-6H,3,12H2,1-2H3,(H,13,14,15). The van der Waals surface area contributed by atoms with E-state index in [4.69, 9.17) is 10.3 Å². The molecular formula is C11H14N4O. The van der Waals surface area contributed by atoms with Crippen LogP contribution >= 0.6 is 0 Å². The van der Waals surface area contributed by atoms with E-state index in [1.165, 1.54) is 0 Å². The van der Waals surface area contributed by atoms with Crippen molar-refractivity contribution in [3.05, 3.63) is 29.9 Å². The molecule has 0 unspecified atom stereocenters. The molecular weight excluding hydrogens is 204 g/mol. The molecule has 2 aromatic rings. The summed E-state index contributed by atoms with van der Waals surface area (Å²) in [5, 5.41) is 0. The zero-order chi connectivity index (χ0) is 11.5. The first kappa shape index (κ1) is 10.6. The maximum Gasteiger partial charge on any atom is 0.165 e. The third-order valence-electron chi connectivity index (χ3n) is 2.50.